The van der Waals surface area contributed by atoms with Crippen LogP contribution in [0.15, 0.2) is 42.5 Å². The van der Waals surface area contributed by atoms with Crippen LogP contribution in [0.5, 0.6) is 0 Å². The summed E-state index contributed by atoms with van der Waals surface area (Å²) in [6.45, 7) is 4.36. The SMILES string of the molecule is Cc1ccc(C(Br)C2Cc3ccccc32)c(C)c1. The monoisotopic (exact) mass is 300 g/mol. The summed E-state index contributed by atoms with van der Waals surface area (Å²) in [5, 5.41) is 0. The summed E-state index contributed by atoms with van der Waals surface area (Å²) in [4.78, 5) is 0.438. The largest absolute Gasteiger partial charge is 0.0832 e. The van der Waals surface area contributed by atoms with Gasteiger partial charge in [0.05, 0.1) is 0 Å². The van der Waals surface area contributed by atoms with E-state index in [1.807, 2.05) is 0 Å². The summed E-state index contributed by atoms with van der Waals surface area (Å²) in [5.74, 6) is 0.627. The van der Waals surface area contributed by atoms with Crippen LogP contribution in [-0.2, 0) is 6.42 Å². The van der Waals surface area contributed by atoms with Crippen LogP contribution in [0.2, 0.25) is 0 Å². The number of halogens is 1. The second-order valence-electron chi connectivity index (χ2n) is 5.27. The standard InChI is InChI=1S/C17H17Br/c1-11-7-8-14(12(2)9-11)17(18)16-10-13-5-3-4-6-15(13)16/h3-9,16-17H,10H2,1-2H3. The average Bonchev–Trinajstić information content (AvgIpc) is 2.30. The van der Waals surface area contributed by atoms with E-state index in [0.29, 0.717) is 10.7 Å². The first-order chi connectivity index (χ1) is 8.66. The van der Waals surface area contributed by atoms with Gasteiger partial charge in [-0.3, -0.25) is 0 Å². The number of hydrogen-bond donors (Lipinski definition) is 0. The summed E-state index contributed by atoms with van der Waals surface area (Å²) in [7, 11) is 0. The van der Waals surface area contributed by atoms with Gasteiger partial charge >= 0.3 is 0 Å². The molecule has 0 nitrogen and oxygen atoms in total. The van der Waals surface area contributed by atoms with Gasteiger partial charge in [0, 0.05) is 10.7 Å². The molecule has 0 aliphatic heterocycles. The number of hydrogen-bond acceptors (Lipinski definition) is 0. The first kappa shape index (κ1) is 12.0. The number of aryl methyl sites for hydroxylation is 2. The predicted molar refractivity (Wildman–Crippen MR) is 80.5 cm³/mol. The highest BCUT2D eigenvalue weighted by molar-refractivity contribution is 9.09. The molecule has 18 heavy (non-hydrogen) atoms. The Morgan fingerprint density at radius 1 is 1.11 bits per heavy atom. The van der Waals surface area contributed by atoms with Gasteiger partial charge in [0.25, 0.3) is 0 Å². The molecule has 0 aromatic heterocycles. The van der Waals surface area contributed by atoms with Crippen LogP contribution in [0.25, 0.3) is 0 Å². The van der Waals surface area contributed by atoms with Crippen LogP contribution in [0.4, 0.5) is 0 Å². The van der Waals surface area contributed by atoms with Gasteiger partial charge < -0.3 is 0 Å². The van der Waals surface area contributed by atoms with E-state index in [2.05, 4.69) is 72.2 Å². The number of alkyl halides is 1. The van der Waals surface area contributed by atoms with Crippen molar-refractivity contribution < 1.29 is 0 Å². The van der Waals surface area contributed by atoms with Crippen molar-refractivity contribution >= 4 is 15.9 Å². The Kier molecular flexibility index (Phi) is 3.03. The molecule has 0 saturated heterocycles. The van der Waals surface area contributed by atoms with Gasteiger partial charge in [0.15, 0.2) is 0 Å². The van der Waals surface area contributed by atoms with Crippen LogP contribution in [0, 0.1) is 13.8 Å². The molecule has 0 amide bonds. The van der Waals surface area contributed by atoms with Crippen molar-refractivity contribution in [2.75, 3.05) is 0 Å². The molecule has 0 fully saturated rings. The third kappa shape index (κ3) is 1.91. The third-order valence-electron chi connectivity index (χ3n) is 3.97. The first-order valence-corrected chi connectivity index (χ1v) is 7.37. The highest BCUT2D eigenvalue weighted by Crippen LogP contribution is 2.48. The highest BCUT2D eigenvalue weighted by Gasteiger charge is 2.32. The Balaban J connectivity index is 1.91. The molecule has 3 rings (SSSR count). The molecule has 1 aliphatic carbocycles. The van der Waals surface area contributed by atoms with E-state index < -0.39 is 0 Å². The number of rotatable bonds is 2. The van der Waals surface area contributed by atoms with Gasteiger partial charge in [-0.1, -0.05) is 64.0 Å². The zero-order chi connectivity index (χ0) is 12.7. The zero-order valence-corrected chi connectivity index (χ0v) is 12.4. The third-order valence-corrected chi connectivity index (χ3v) is 5.10. The fourth-order valence-electron chi connectivity index (χ4n) is 2.91. The predicted octanol–water partition coefficient (Wildman–Crippen LogP) is 5.08. The van der Waals surface area contributed by atoms with Crippen LogP contribution >= 0.6 is 15.9 Å². The van der Waals surface area contributed by atoms with Crippen molar-refractivity contribution in [3.05, 3.63) is 70.3 Å². The molecule has 2 aromatic rings. The van der Waals surface area contributed by atoms with E-state index in [-0.39, 0.29) is 0 Å². The van der Waals surface area contributed by atoms with Gasteiger partial charge in [-0.25, -0.2) is 0 Å². The van der Waals surface area contributed by atoms with E-state index in [0.717, 1.165) is 0 Å². The highest BCUT2D eigenvalue weighted by atomic mass is 79.9. The number of benzene rings is 2. The molecule has 2 aromatic carbocycles. The Bertz CT molecular complexity index is 586. The first-order valence-electron chi connectivity index (χ1n) is 6.46. The van der Waals surface area contributed by atoms with Crippen LogP contribution in [0.1, 0.15) is 38.6 Å². The summed E-state index contributed by atoms with van der Waals surface area (Å²) in [6, 6.07) is 15.5. The van der Waals surface area contributed by atoms with E-state index in [9.17, 15) is 0 Å². The second kappa shape index (κ2) is 4.55. The Labute approximate surface area is 117 Å². The zero-order valence-electron chi connectivity index (χ0n) is 10.8. The molecule has 0 spiro atoms. The summed E-state index contributed by atoms with van der Waals surface area (Å²) >= 11 is 3.91. The molecule has 2 unspecified atom stereocenters. The van der Waals surface area contributed by atoms with Crippen molar-refractivity contribution in [3.63, 3.8) is 0 Å². The summed E-state index contributed by atoms with van der Waals surface area (Å²) in [5.41, 5.74) is 7.18. The van der Waals surface area contributed by atoms with Crippen molar-refractivity contribution in [2.45, 2.75) is 31.0 Å². The Morgan fingerprint density at radius 2 is 1.89 bits per heavy atom. The van der Waals surface area contributed by atoms with Crippen LogP contribution in [-0.4, -0.2) is 0 Å². The van der Waals surface area contributed by atoms with Crippen LogP contribution in [0.3, 0.4) is 0 Å². The van der Waals surface area contributed by atoms with Crippen molar-refractivity contribution in [1.29, 1.82) is 0 Å². The molecule has 0 saturated carbocycles. The maximum absolute atomic E-state index is 3.91. The van der Waals surface area contributed by atoms with Gasteiger partial charge in [-0.15, -0.1) is 0 Å². The molecule has 0 bridgehead atoms. The minimum atomic E-state index is 0.438. The van der Waals surface area contributed by atoms with Crippen molar-refractivity contribution in [2.24, 2.45) is 0 Å². The van der Waals surface area contributed by atoms with Gasteiger partial charge in [0.2, 0.25) is 0 Å². The Hall–Kier alpha value is -1.08. The van der Waals surface area contributed by atoms with E-state index >= 15 is 0 Å². The van der Waals surface area contributed by atoms with E-state index in [4.69, 9.17) is 0 Å². The van der Waals surface area contributed by atoms with Gasteiger partial charge in [-0.2, -0.15) is 0 Å². The van der Waals surface area contributed by atoms with Crippen molar-refractivity contribution in [3.8, 4) is 0 Å². The maximum atomic E-state index is 3.91. The molecular weight excluding hydrogens is 284 g/mol. The quantitative estimate of drug-likeness (QED) is 0.679. The molecule has 1 aliphatic rings. The van der Waals surface area contributed by atoms with E-state index in [1.165, 1.54) is 34.2 Å². The Morgan fingerprint density at radius 3 is 2.61 bits per heavy atom. The second-order valence-corrected chi connectivity index (χ2v) is 6.26. The lowest BCUT2D eigenvalue weighted by atomic mass is 9.74. The minimum Gasteiger partial charge on any atom is -0.0832 e. The molecular formula is C17H17Br. The fraction of sp³-hybridized carbons (Fsp3) is 0.294. The summed E-state index contributed by atoms with van der Waals surface area (Å²) in [6.07, 6.45) is 1.19. The molecule has 2 atom stereocenters. The molecule has 0 heterocycles. The van der Waals surface area contributed by atoms with E-state index in [1.54, 1.807) is 0 Å². The van der Waals surface area contributed by atoms with Crippen LogP contribution < -0.4 is 0 Å². The lowest BCUT2D eigenvalue weighted by molar-refractivity contribution is 0.598. The van der Waals surface area contributed by atoms with Gasteiger partial charge in [0.1, 0.15) is 0 Å². The lowest BCUT2D eigenvalue weighted by Crippen LogP contribution is -2.21. The van der Waals surface area contributed by atoms with Gasteiger partial charge in [-0.05, 0) is 42.5 Å². The molecule has 0 radical (unpaired) electrons. The average molecular weight is 301 g/mol. The maximum Gasteiger partial charge on any atom is 0.0469 e. The van der Waals surface area contributed by atoms with Crippen molar-refractivity contribution in [1.82, 2.24) is 0 Å². The normalized spacial score (nSPS) is 18.9. The minimum absolute atomic E-state index is 0.438. The fourth-order valence-corrected chi connectivity index (χ4v) is 3.90. The lowest BCUT2D eigenvalue weighted by Gasteiger charge is -2.34. The molecule has 92 valence electrons. The topological polar surface area (TPSA) is 0 Å². The summed E-state index contributed by atoms with van der Waals surface area (Å²) < 4.78 is 0. The molecule has 1 heteroatoms. The smallest absolute Gasteiger partial charge is 0.0469 e. The molecule has 0 N–H and O–H groups in total. The number of fused-ring (bicyclic) bond motifs is 1.